The monoisotopic (exact) mass is 349 g/mol. The molecule has 0 saturated heterocycles. The Morgan fingerprint density at radius 2 is 2.15 bits per heavy atom. The molecule has 0 saturated carbocycles. The first-order valence-electron chi connectivity index (χ1n) is 6.25. The lowest BCUT2D eigenvalue weighted by Crippen LogP contribution is -2.36. The van der Waals surface area contributed by atoms with Crippen molar-refractivity contribution in [3.05, 3.63) is 50.6 Å². The first-order valence-corrected chi connectivity index (χ1v) is 7.92. The number of nitrogens with two attached hydrogens (primary N) is 1. The molecule has 1 aromatic carbocycles. The summed E-state index contributed by atoms with van der Waals surface area (Å²) in [4.78, 5) is 3.33. The molecule has 2 unspecified atom stereocenters. The Balaban J connectivity index is 2.36. The van der Waals surface area contributed by atoms with Crippen LogP contribution in [0.15, 0.2) is 40.2 Å². The van der Waals surface area contributed by atoms with Crippen LogP contribution in [0.4, 0.5) is 5.69 Å². The van der Waals surface area contributed by atoms with Crippen LogP contribution in [0.5, 0.6) is 0 Å². The number of likely N-dealkylation sites (N-methyl/N-ethyl adjacent to an activating group) is 1. The summed E-state index contributed by atoms with van der Waals surface area (Å²) in [6.45, 7) is 2.00. The quantitative estimate of drug-likeness (QED) is 0.910. The van der Waals surface area contributed by atoms with E-state index in [9.17, 15) is 0 Å². The fraction of sp³-hybridized carbons (Fsp3) is 0.267. The molecular formula is C15H16BrN3S. The van der Waals surface area contributed by atoms with E-state index in [-0.39, 0.29) is 12.1 Å². The van der Waals surface area contributed by atoms with Gasteiger partial charge >= 0.3 is 0 Å². The Labute approximate surface area is 131 Å². The summed E-state index contributed by atoms with van der Waals surface area (Å²) in [5.41, 5.74) is 7.83. The summed E-state index contributed by atoms with van der Waals surface area (Å²) < 4.78 is 1.07. The highest BCUT2D eigenvalue weighted by Gasteiger charge is 2.23. The van der Waals surface area contributed by atoms with E-state index in [1.807, 2.05) is 32.2 Å². The maximum atomic E-state index is 9.01. The molecule has 3 nitrogen and oxygen atoms in total. The number of anilines is 1. The first kappa shape index (κ1) is 15.0. The largest absolute Gasteiger partial charge is 0.365 e. The van der Waals surface area contributed by atoms with Crippen molar-refractivity contribution in [2.24, 2.45) is 5.73 Å². The SMILES string of the molecule is CC(N)C(c1cc(Br)cs1)N(C)c1cccc(C#N)c1. The summed E-state index contributed by atoms with van der Waals surface area (Å²) in [6, 6.07) is 11.9. The second-order valence-corrected chi connectivity index (χ2v) is 6.60. The van der Waals surface area contributed by atoms with Gasteiger partial charge < -0.3 is 10.6 Å². The summed E-state index contributed by atoms with van der Waals surface area (Å²) in [5.74, 6) is 0. The summed E-state index contributed by atoms with van der Waals surface area (Å²) in [7, 11) is 2.01. The molecule has 2 rings (SSSR count). The highest BCUT2D eigenvalue weighted by molar-refractivity contribution is 9.10. The minimum Gasteiger partial charge on any atom is -0.365 e. The van der Waals surface area contributed by atoms with E-state index < -0.39 is 0 Å². The fourth-order valence-corrected chi connectivity index (χ4v) is 3.94. The van der Waals surface area contributed by atoms with Crippen LogP contribution in [0.3, 0.4) is 0 Å². The van der Waals surface area contributed by atoms with Crippen LogP contribution in [-0.4, -0.2) is 13.1 Å². The van der Waals surface area contributed by atoms with Crippen molar-refractivity contribution in [3.63, 3.8) is 0 Å². The normalized spacial score (nSPS) is 13.6. The Bertz CT molecular complexity index is 630. The van der Waals surface area contributed by atoms with Crippen molar-refractivity contribution in [1.29, 1.82) is 5.26 Å². The third kappa shape index (κ3) is 3.21. The van der Waals surface area contributed by atoms with Crippen molar-refractivity contribution in [3.8, 4) is 6.07 Å². The van der Waals surface area contributed by atoms with Crippen LogP contribution in [0, 0.1) is 11.3 Å². The maximum Gasteiger partial charge on any atom is 0.0992 e. The topological polar surface area (TPSA) is 53.0 Å². The van der Waals surface area contributed by atoms with Crippen molar-refractivity contribution in [2.45, 2.75) is 19.0 Å². The van der Waals surface area contributed by atoms with Crippen LogP contribution in [0.1, 0.15) is 23.4 Å². The Hall–Kier alpha value is -1.35. The molecule has 0 aliphatic rings. The molecule has 0 amide bonds. The third-order valence-corrected chi connectivity index (χ3v) is 4.94. The summed E-state index contributed by atoms with van der Waals surface area (Å²) in [6.07, 6.45) is 0. The van der Waals surface area contributed by atoms with Crippen molar-refractivity contribution >= 4 is 33.0 Å². The van der Waals surface area contributed by atoms with Crippen LogP contribution in [0.2, 0.25) is 0 Å². The molecule has 1 aromatic heterocycles. The van der Waals surface area contributed by atoms with Gasteiger partial charge in [-0.05, 0) is 47.1 Å². The zero-order valence-corrected chi connectivity index (χ0v) is 13.8. The molecule has 5 heteroatoms. The Morgan fingerprint density at radius 3 is 2.70 bits per heavy atom. The predicted molar refractivity (Wildman–Crippen MR) is 88.0 cm³/mol. The van der Waals surface area contributed by atoms with Gasteiger partial charge in [0.15, 0.2) is 0 Å². The maximum absolute atomic E-state index is 9.01. The van der Waals surface area contributed by atoms with E-state index in [1.54, 1.807) is 17.4 Å². The van der Waals surface area contributed by atoms with Crippen molar-refractivity contribution < 1.29 is 0 Å². The lowest BCUT2D eigenvalue weighted by molar-refractivity contribution is 0.566. The number of thiophene rings is 1. The van der Waals surface area contributed by atoms with Gasteiger partial charge in [0.25, 0.3) is 0 Å². The zero-order chi connectivity index (χ0) is 14.7. The van der Waals surface area contributed by atoms with E-state index in [2.05, 4.69) is 38.3 Å². The molecule has 1 heterocycles. The van der Waals surface area contributed by atoms with E-state index in [1.165, 1.54) is 4.88 Å². The lowest BCUT2D eigenvalue weighted by Gasteiger charge is -2.32. The molecule has 0 spiro atoms. The molecule has 20 heavy (non-hydrogen) atoms. The number of halogens is 1. The molecule has 0 fully saturated rings. The lowest BCUT2D eigenvalue weighted by atomic mass is 10.1. The van der Waals surface area contributed by atoms with Gasteiger partial charge in [-0.15, -0.1) is 11.3 Å². The molecule has 2 N–H and O–H groups in total. The number of hydrogen-bond donors (Lipinski definition) is 1. The Kier molecular flexibility index (Phi) is 4.81. The molecule has 0 aliphatic carbocycles. The van der Waals surface area contributed by atoms with E-state index in [4.69, 9.17) is 11.0 Å². The molecule has 2 atom stereocenters. The minimum atomic E-state index is -0.0173. The molecule has 104 valence electrons. The van der Waals surface area contributed by atoms with E-state index in [0.717, 1.165) is 10.2 Å². The number of hydrogen-bond acceptors (Lipinski definition) is 4. The average Bonchev–Trinajstić information content (AvgIpc) is 2.84. The summed E-state index contributed by atoms with van der Waals surface area (Å²) >= 11 is 5.17. The zero-order valence-electron chi connectivity index (χ0n) is 11.4. The summed E-state index contributed by atoms with van der Waals surface area (Å²) in [5, 5.41) is 11.1. The molecular weight excluding hydrogens is 334 g/mol. The molecule has 0 bridgehead atoms. The van der Waals surface area contributed by atoms with Crippen LogP contribution >= 0.6 is 27.3 Å². The predicted octanol–water partition coefficient (Wildman–Crippen LogP) is 3.91. The van der Waals surface area contributed by atoms with Gasteiger partial charge in [-0.2, -0.15) is 5.26 Å². The third-order valence-electron chi connectivity index (χ3n) is 3.18. The number of nitrogens with zero attached hydrogens (tertiary/aromatic N) is 2. The van der Waals surface area contributed by atoms with Gasteiger partial charge in [-0.1, -0.05) is 6.07 Å². The first-order chi connectivity index (χ1) is 9.52. The molecule has 0 aliphatic heterocycles. The van der Waals surface area contributed by atoms with Gasteiger partial charge in [0.1, 0.15) is 0 Å². The van der Waals surface area contributed by atoms with Crippen molar-refractivity contribution in [2.75, 3.05) is 11.9 Å². The Morgan fingerprint density at radius 1 is 1.40 bits per heavy atom. The van der Waals surface area contributed by atoms with Gasteiger partial charge in [0, 0.05) is 33.5 Å². The van der Waals surface area contributed by atoms with Crippen molar-refractivity contribution in [1.82, 2.24) is 0 Å². The van der Waals surface area contributed by atoms with Gasteiger partial charge in [-0.25, -0.2) is 0 Å². The standard InChI is InChI=1S/C15H16BrN3S/c1-10(18)15(14-7-12(16)9-20-14)19(2)13-5-3-4-11(6-13)8-17/h3-7,9-10,15H,18H2,1-2H3. The van der Waals surface area contributed by atoms with Gasteiger partial charge in [0.05, 0.1) is 17.7 Å². The highest BCUT2D eigenvalue weighted by atomic mass is 79.9. The van der Waals surface area contributed by atoms with Crippen LogP contribution in [-0.2, 0) is 0 Å². The second-order valence-electron chi connectivity index (χ2n) is 4.74. The van der Waals surface area contributed by atoms with E-state index >= 15 is 0 Å². The second kappa shape index (κ2) is 6.40. The smallest absolute Gasteiger partial charge is 0.0992 e. The average molecular weight is 350 g/mol. The highest BCUT2D eigenvalue weighted by Crippen LogP contribution is 2.33. The van der Waals surface area contributed by atoms with Gasteiger partial charge in [0.2, 0.25) is 0 Å². The number of rotatable bonds is 4. The van der Waals surface area contributed by atoms with Crippen LogP contribution < -0.4 is 10.6 Å². The fourth-order valence-electron chi connectivity index (χ4n) is 2.24. The molecule has 2 aromatic rings. The number of nitriles is 1. The molecule has 0 radical (unpaired) electrons. The van der Waals surface area contributed by atoms with E-state index in [0.29, 0.717) is 5.56 Å². The number of benzene rings is 1. The van der Waals surface area contributed by atoms with Gasteiger partial charge in [-0.3, -0.25) is 0 Å². The van der Waals surface area contributed by atoms with Crippen LogP contribution in [0.25, 0.3) is 0 Å². The minimum absolute atomic E-state index is 0.0173.